The molecule has 0 spiro atoms. The Labute approximate surface area is 109 Å². The fourth-order valence-corrected chi connectivity index (χ4v) is 4.06. The lowest BCUT2D eigenvalue weighted by atomic mass is 10.2. The van der Waals surface area contributed by atoms with E-state index in [0.717, 1.165) is 0 Å². The summed E-state index contributed by atoms with van der Waals surface area (Å²) in [4.78, 5) is 0. The number of anilines is 1. The van der Waals surface area contributed by atoms with E-state index in [-0.39, 0.29) is 0 Å². The van der Waals surface area contributed by atoms with Crippen LogP contribution in [0.2, 0.25) is 0 Å². The lowest BCUT2D eigenvalue weighted by Crippen LogP contribution is -2.43. The van der Waals surface area contributed by atoms with E-state index in [2.05, 4.69) is 42.8 Å². The van der Waals surface area contributed by atoms with Gasteiger partial charge in [0.15, 0.2) is 0 Å². The zero-order chi connectivity index (χ0) is 12.3. The van der Waals surface area contributed by atoms with Crippen LogP contribution in [-0.2, 0) is 0 Å². The number of hydrogen-bond donors (Lipinski definition) is 0. The molecular weight excluding hydrogens is 246 g/mol. The number of nitrogens with zero attached hydrogens (tertiary/aromatic N) is 1. The topological polar surface area (TPSA) is 3.24 Å². The summed E-state index contributed by atoms with van der Waals surface area (Å²) in [7, 11) is 0.837. The molecule has 0 aromatic heterocycles. The Balaban J connectivity index is 2.27. The van der Waals surface area contributed by atoms with Crippen LogP contribution in [-0.4, -0.2) is 15.3 Å². The first-order valence-corrected chi connectivity index (χ1v) is 8.03. The van der Waals surface area contributed by atoms with Crippen molar-refractivity contribution in [3.05, 3.63) is 60.2 Å². The smallest absolute Gasteiger partial charge is 0.319 e. The maximum Gasteiger partial charge on any atom is 0.319 e. The highest BCUT2D eigenvalue weighted by Crippen LogP contribution is 2.15. The van der Waals surface area contributed by atoms with E-state index >= 15 is 0 Å². The number of rotatable bonds is 3. The molecule has 0 unspecified atom stereocenters. The molecule has 0 aliphatic rings. The van der Waals surface area contributed by atoms with Crippen LogP contribution in [0, 0.1) is 6.92 Å². The number of benzene rings is 2. The van der Waals surface area contributed by atoms with Gasteiger partial charge in [-0.2, -0.15) is 0 Å². The van der Waals surface area contributed by atoms with E-state index in [9.17, 15) is 0 Å². The zero-order valence-electron chi connectivity index (χ0n) is 10.0. The SMILES string of the molecule is Cc1ccccc1[Si](Cl)N(C)c1ccccc1. The Bertz CT molecular complexity index is 487. The molecule has 17 heavy (non-hydrogen) atoms. The third-order valence-corrected chi connectivity index (χ3v) is 6.03. The molecule has 0 fully saturated rings. The van der Waals surface area contributed by atoms with Crippen molar-refractivity contribution < 1.29 is 0 Å². The van der Waals surface area contributed by atoms with Crippen molar-refractivity contribution in [2.75, 3.05) is 11.6 Å². The Morgan fingerprint density at radius 3 is 2.18 bits per heavy atom. The average molecular weight is 261 g/mol. The van der Waals surface area contributed by atoms with Crippen molar-refractivity contribution in [2.45, 2.75) is 6.92 Å². The summed E-state index contributed by atoms with van der Waals surface area (Å²) < 4.78 is 2.18. The Morgan fingerprint density at radius 1 is 0.941 bits per heavy atom. The lowest BCUT2D eigenvalue weighted by molar-refractivity contribution is 1.32. The molecule has 87 valence electrons. The van der Waals surface area contributed by atoms with E-state index in [1.807, 2.05) is 30.3 Å². The fourth-order valence-electron chi connectivity index (χ4n) is 1.75. The van der Waals surface area contributed by atoms with Gasteiger partial charge in [-0.3, -0.25) is 0 Å². The van der Waals surface area contributed by atoms with Crippen LogP contribution in [0.15, 0.2) is 54.6 Å². The maximum absolute atomic E-state index is 6.62. The Morgan fingerprint density at radius 2 is 1.53 bits per heavy atom. The van der Waals surface area contributed by atoms with Gasteiger partial charge in [-0.15, -0.1) is 11.1 Å². The van der Waals surface area contributed by atoms with E-state index in [0.29, 0.717) is 0 Å². The van der Waals surface area contributed by atoms with E-state index in [4.69, 9.17) is 11.1 Å². The molecule has 0 aliphatic carbocycles. The zero-order valence-corrected chi connectivity index (χ0v) is 11.8. The second-order valence-corrected chi connectivity index (χ2v) is 6.87. The quantitative estimate of drug-likeness (QED) is 0.606. The molecule has 0 bridgehead atoms. The summed E-state index contributed by atoms with van der Waals surface area (Å²) in [6, 6.07) is 18.6. The lowest BCUT2D eigenvalue weighted by Gasteiger charge is -2.24. The average Bonchev–Trinajstić information content (AvgIpc) is 2.39. The van der Waals surface area contributed by atoms with Gasteiger partial charge in [-0.1, -0.05) is 42.5 Å². The summed E-state index contributed by atoms with van der Waals surface area (Å²) in [6.07, 6.45) is 0. The largest absolute Gasteiger partial charge is 0.384 e. The molecule has 0 aliphatic heterocycles. The van der Waals surface area contributed by atoms with Gasteiger partial charge in [0.25, 0.3) is 0 Å². The van der Waals surface area contributed by atoms with Crippen LogP contribution in [0.4, 0.5) is 5.69 Å². The van der Waals surface area contributed by atoms with Gasteiger partial charge in [-0.25, -0.2) is 0 Å². The second-order valence-electron chi connectivity index (χ2n) is 4.00. The van der Waals surface area contributed by atoms with Crippen molar-refractivity contribution in [1.29, 1.82) is 0 Å². The summed E-state index contributed by atoms with van der Waals surface area (Å²) in [6.45, 7) is 2.11. The minimum atomic E-state index is -1.22. The predicted molar refractivity (Wildman–Crippen MR) is 77.3 cm³/mol. The predicted octanol–water partition coefficient (Wildman–Crippen LogP) is 3.07. The highest BCUT2D eigenvalue weighted by atomic mass is 35.6. The minimum absolute atomic E-state index is 1.17. The highest BCUT2D eigenvalue weighted by Gasteiger charge is 2.20. The van der Waals surface area contributed by atoms with Crippen LogP contribution in [0.25, 0.3) is 0 Å². The van der Waals surface area contributed by atoms with Crippen molar-refractivity contribution >= 4 is 30.2 Å². The van der Waals surface area contributed by atoms with Gasteiger partial charge >= 0.3 is 8.27 Å². The summed E-state index contributed by atoms with van der Waals surface area (Å²) >= 11 is 6.62. The Hall–Kier alpha value is -1.25. The van der Waals surface area contributed by atoms with Crippen molar-refractivity contribution in [3.63, 3.8) is 0 Å². The molecule has 0 amide bonds. The summed E-state index contributed by atoms with van der Waals surface area (Å²) in [5, 5.41) is 1.26. The van der Waals surface area contributed by atoms with Crippen LogP contribution >= 0.6 is 11.1 Å². The van der Waals surface area contributed by atoms with E-state index < -0.39 is 8.27 Å². The first-order chi connectivity index (χ1) is 8.20. The molecular formula is C14H15ClNSi. The van der Waals surface area contributed by atoms with Crippen LogP contribution in [0.1, 0.15) is 5.56 Å². The highest BCUT2D eigenvalue weighted by molar-refractivity contribution is 7.16. The number of para-hydroxylation sites is 1. The Kier molecular flexibility index (Phi) is 3.87. The van der Waals surface area contributed by atoms with Crippen molar-refractivity contribution in [1.82, 2.24) is 0 Å². The monoisotopic (exact) mass is 260 g/mol. The van der Waals surface area contributed by atoms with Gasteiger partial charge in [-0.05, 0) is 36.9 Å². The minimum Gasteiger partial charge on any atom is -0.384 e. The molecule has 1 nitrogen and oxygen atoms in total. The normalized spacial score (nSPS) is 10.6. The number of aryl methyl sites for hydroxylation is 1. The third-order valence-electron chi connectivity index (χ3n) is 2.81. The standard InChI is InChI=1S/C14H15ClNSi/c1-12-8-6-7-11-14(12)17(15)16(2)13-9-4-3-5-10-13/h3-11H,1-2H3. The summed E-state index contributed by atoms with van der Waals surface area (Å²) in [5.74, 6) is 0. The number of halogens is 1. The van der Waals surface area contributed by atoms with Crippen LogP contribution < -0.4 is 9.75 Å². The molecule has 0 atom stereocenters. The molecule has 2 aromatic rings. The second kappa shape index (κ2) is 5.39. The molecule has 0 heterocycles. The van der Waals surface area contributed by atoms with Crippen LogP contribution in [0.3, 0.4) is 0 Å². The van der Waals surface area contributed by atoms with Crippen molar-refractivity contribution in [2.24, 2.45) is 0 Å². The van der Waals surface area contributed by atoms with Gasteiger partial charge < -0.3 is 4.57 Å². The molecule has 1 radical (unpaired) electrons. The third kappa shape index (κ3) is 2.71. The summed E-state index contributed by atoms with van der Waals surface area (Å²) in [5.41, 5.74) is 2.43. The van der Waals surface area contributed by atoms with E-state index in [1.54, 1.807) is 0 Å². The van der Waals surface area contributed by atoms with Gasteiger partial charge in [0.05, 0.1) is 0 Å². The van der Waals surface area contributed by atoms with Gasteiger partial charge in [0.1, 0.15) is 0 Å². The van der Waals surface area contributed by atoms with E-state index in [1.165, 1.54) is 16.4 Å². The van der Waals surface area contributed by atoms with Gasteiger partial charge in [0, 0.05) is 5.69 Å². The van der Waals surface area contributed by atoms with Gasteiger partial charge in [0.2, 0.25) is 0 Å². The first kappa shape index (κ1) is 12.2. The fraction of sp³-hybridized carbons (Fsp3) is 0.143. The maximum atomic E-state index is 6.62. The molecule has 2 aromatic carbocycles. The van der Waals surface area contributed by atoms with Crippen molar-refractivity contribution in [3.8, 4) is 0 Å². The first-order valence-electron chi connectivity index (χ1n) is 5.57. The molecule has 2 rings (SSSR count). The van der Waals surface area contributed by atoms with Crippen LogP contribution in [0.5, 0.6) is 0 Å². The molecule has 0 N–H and O–H groups in total. The molecule has 0 saturated heterocycles. The number of hydrogen-bond acceptors (Lipinski definition) is 1. The molecule has 3 heteroatoms. The molecule has 0 saturated carbocycles.